The zero-order valence-corrected chi connectivity index (χ0v) is 17.6. The number of likely N-dealkylation sites (tertiary alicyclic amines) is 1. The van der Waals surface area contributed by atoms with E-state index in [1.165, 1.54) is 5.70 Å². The molecule has 1 saturated heterocycles. The van der Waals surface area contributed by atoms with Crippen LogP contribution in [0.25, 0.3) is 0 Å². The minimum Gasteiger partial charge on any atom is -0.598 e. The van der Waals surface area contributed by atoms with Gasteiger partial charge in [-0.25, -0.2) is 0 Å². The van der Waals surface area contributed by atoms with Gasteiger partial charge in [0.25, 0.3) is 0 Å². The Labute approximate surface area is 146 Å². The molecule has 130 valence electrons. The summed E-state index contributed by atoms with van der Waals surface area (Å²) < 4.78 is 15.8. The van der Waals surface area contributed by atoms with Crippen molar-refractivity contribution < 1.29 is 4.55 Å². The molecule has 0 amide bonds. The molecular formula is C18H32N2OSSi. The van der Waals surface area contributed by atoms with Crippen LogP contribution in [-0.2, 0) is 11.4 Å². The van der Waals surface area contributed by atoms with Gasteiger partial charge in [0.1, 0.15) is 12.8 Å². The number of nitrogens with zero attached hydrogens (tertiary/aromatic N) is 1. The molecule has 0 bridgehead atoms. The van der Waals surface area contributed by atoms with Crippen molar-refractivity contribution in [2.75, 3.05) is 13.1 Å². The summed E-state index contributed by atoms with van der Waals surface area (Å²) in [5.74, 6) is 3.92. The second kappa shape index (κ2) is 6.48. The van der Waals surface area contributed by atoms with E-state index in [4.69, 9.17) is 0 Å². The number of hydrogen-bond donors (Lipinski definition) is 1. The first-order valence-corrected chi connectivity index (χ1v) is 13.2. The minimum absolute atomic E-state index is 0.184. The van der Waals surface area contributed by atoms with E-state index >= 15 is 0 Å². The summed E-state index contributed by atoms with van der Waals surface area (Å²) in [7, 11) is -1.37. The van der Waals surface area contributed by atoms with E-state index in [-0.39, 0.29) is 10.3 Å². The summed E-state index contributed by atoms with van der Waals surface area (Å²) in [4.78, 5) is 2.44. The van der Waals surface area contributed by atoms with Gasteiger partial charge < -0.3 is 9.45 Å². The Morgan fingerprint density at radius 3 is 2.30 bits per heavy atom. The zero-order chi connectivity index (χ0) is 17.5. The van der Waals surface area contributed by atoms with Gasteiger partial charge in [-0.3, -0.25) is 0 Å². The van der Waals surface area contributed by atoms with Crippen LogP contribution in [0.15, 0.2) is 11.8 Å². The van der Waals surface area contributed by atoms with Crippen molar-refractivity contribution >= 4 is 19.4 Å². The summed E-state index contributed by atoms with van der Waals surface area (Å²) in [6, 6.07) is 0. The Hall–Kier alpha value is -0.413. The first-order valence-electron chi connectivity index (χ1n) is 8.54. The summed E-state index contributed by atoms with van der Waals surface area (Å²) in [6.07, 6.45) is 4.20. The molecular weight excluding hydrogens is 320 g/mol. The van der Waals surface area contributed by atoms with Crippen molar-refractivity contribution in [1.29, 1.82) is 0 Å². The largest absolute Gasteiger partial charge is 0.598 e. The molecule has 2 rings (SSSR count). The van der Waals surface area contributed by atoms with Crippen molar-refractivity contribution in [2.45, 2.75) is 70.5 Å². The van der Waals surface area contributed by atoms with Gasteiger partial charge in [0, 0.05) is 48.9 Å². The Kier molecular flexibility index (Phi) is 5.33. The molecule has 0 spiro atoms. The SMILES string of the molecule is CC(CC#C[Si](C)(C)C)(N[S+]([O-])C(C)(C)C)C1CN(C2=CC2)C1. The fraction of sp³-hybridized carbons (Fsp3) is 0.778. The molecule has 3 nitrogen and oxygen atoms in total. The van der Waals surface area contributed by atoms with Gasteiger partial charge in [0.05, 0.1) is 5.54 Å². The molecule has 5 heteroatoms. The highest BCUT2D eigenvalue weighted by atomic mass is 32.2. The first-order chi connectivity index (χ1) is 10.4. The molecule has 1 heterocycles. The van der Waals surface area contributed by atoms with Crippen molar-refractivity contribution in [1.82, 2.24) is 9.62 Å². The zero-order valence-electron chi connectivity index (χ0n) is 15.7. The van der Waals surface area contributed by atoms with Crippen LogP contribution in [0.3, 0.4) is 0 Å². The molecule has 0 radical (unpaired) electrons. The second-order valence-corrected chi connectivity index (χ2v) is 15.8. The lowest BCUT2D eigenvalue weighted by Gasteiger charge is -2.49. The maximum Gasteiger partial charge on any atom is 0.136 e. The van der Waals surface area contributed by atoms with Crippen LogP contribution >= 0.6 is 0 Å². The molecule has 1 aliphatic carbocycles. The van der Waals surface area contributed by atoms with Gasteiger partial charge in [-0.05, 0) is 27.7 Å². The number of hydrogen-bond acceptors (Lipinski definition) is 3. The average molecular weight is 353 g/mol. The standard InChI is InChI=1S/C18H32N2OSSi/c1-17(2,3)22(21)19-18(4,11-8-12-23(5,6)7)15-13-20(14-15)16-9-10-16/h9,15,19H,10-11,13-14H2,1-7H3. The topological polar surface area (TPSA) is 38.3 Å². The Balaban J connectivity index is 2.06. The first kappa shape index (κ1) is 18.9. The number of rotatable bonds is 5. The molecule has 1 aliphatic heterocycles. The average Bonchev–Trinajstić information content (AvgIpc) is 3.07. The predicted octanol–water partition coefficient (Wildman–Crippen LogP) is 3.29. The van der Waals surface area contributed by atoms with Crippen LogP contribution in [0.4, 0.5) is 0 Å². The van der Waals surface area contributed by atoms with E-state index in [0.29, 0.717) is 5.92 Å². The highest BCUT2D eigenvalue weighted by Crippen LogP contribution is 2.37. The van der Waals surface area contributed by atoms with E-state index in [2.05, 4.69) is 53.7 Å². The highest BCUT2D eigenvalue weighted by molar-refractivity contribution is 7.90. The molecule has 0 aromatic heterocycles. The Morgan fingerprint density at radius 1 is 1.30 bits per heavy atom. The van der Waals surface area contributed by atoms with Crippen LogP contribution in [0.5, 0.6) is 0 Å². The van der Waals surface area contributed by atoms with Crippen molar-refractivity contribution in [3.63, 3.8) is 0 Å². The van der Waals surface area contributed by atoms with E-state index < -0.39 is 19.4 Å². The smallest absolute Gasteiger partial charge is 0.136 e. The molecule has 0 saturated carbocycles. The van der Waals surface area contributed by atoms with Crippen molar-refractivity contribution in [3.05, 3.63) is 11.8 Å². The monoisotopic (exact) mass is 352 g/mol. The van der Waals surface area contributed by atoms with Crippen molar-refractivity contribution in [3.8, 4) is 11.5 Å². The summed E-state index contributed by atoms with van der Waals surface area (Å²) in [5.41, 5.74) is 4.76. The molecule has 2 aliphatic rings. The fourth-order valence-electron chi connectivity index (χ4n) is 2.54. The minimum atomic E-state index is -1.37. The fourth-order valence-corrected chi connectivity index (χ4v) is 4.13. The third-order valence-electron chi connectivity index (χ3n) is 4.38. The third kappa shape index (κ3) is 5.28. The lowest BCUT2D eigenvalue weighted by Crippen LogP contribution is -2.63. The second-order valence-electron chi connectivity index (χ2n) is 9.13. The van der Waals surface area contributed by atoms with Gasteiger partial charge >= 0.3 is 0 Å². The summed E-state index contributed by atoms with van der Waals surface area (Å²) >= 11 is -1.07. The van der Waals surface area contributed by atoms with Crippen LogP contribution in [0.2, 0.25) is 19.6 Å². The normalized spacial score (nSPS) is 22.4. The van der Waals surface area contributed by atoms with E-state index in [0.717, 1.165) is 25.9 Å². The lowest BCUT2D eigenvalue weighted by molar-refractivity contribution is 0.0762. The maximum absolute atomic E-state index is 12.6. The molecule has 0 aromatic carbocycles. The number of allylic oxidation sites excluding steroid dienone is 2. The van der Waals surface area contributed by atoms with Crippen LogP contribution in [-0.4, -0.2) is 40.9 Å². The van der Waals surface area contributed by atoms with Gasteiger partial charge in [0.15, 0.2) is 0 Å². The molecule has 0 aromatic rings. The molecule has 1 fully saturated rings. The lowest BCUT2D eigenvalue weighted by atomic mass is 9.79. The molecule has 23 heavy (non-hydrogen) atoms. The van der Waals surface area contributed by atoms with Gasteiger partial charge in [-0.1, -0.05) is 25.7 Å². The van der Waals surface area contributed by atoms with Crippen LogP contribution in [0, 0.1) is 17.4 Å². The summed E-state index contributed by atoms with van der Waals surface area (Å²) in [5, 5.41) is 0. The van der Waals surface area contributed by atoms with Crippen LogP contribution in [0.1, 0.15) is 40.5 Å². The Morgan fingerprint density at radius 2 is 1.87 bits per heavy atom. The van der Waals surface area contributed by atoms with E-state index in [9.17, 15) is 4.55 Å². The van der Waals surface area contributed by atoms with Gasteiger partial charge in [0.2, 0.25) is 0 Å². The molecule has 2 unspecified atom stereocenters. The van der Waals surface area contributed by atoms with Gasteiger partial charge in [-0.2, -0.15) is 0 Å². The molecule has 2 atom stereocenters. The number of nitrogens with one attached hydrogen (secondary N) is 1. The maximum atomic E-state index is 12.6. The third-order valence-corrected chi connectivity index (χ3v) is 7.07. The summed E-state index contributed by atoms with van der Waals surface area (Å²) in [6.45, 7) is 17.2. The van der Waals surface area contributed by atoms with E-state index in [1.54, 1.807) is 0 Å². The van der Waals surface area contributed by atoms with E-state index in [1.807, 2.05) is 20.8 Å². The van der Waals surface area contributed by atoms with Crippen molar-refractivity contribution in [2.24, 2.45) is 5.92 Å². The van der Waals surface area contributed by atoms with Gasteiger partial charge in [-0.15, -0.1) is 16.2 Å². The predicted molar refractivity (Wildman–Crippen MR) is 103 cm³/mol. The van der Waals surface area contributed by atoms with Crippen LogP contribution < -0.4 is 4.72 Å². The highest BCUT2D eigenvalue weighted by Gasteiger charge is 2.47. The molecule has 1 N–H and O–H groups in total. The quantitative estimate of drug-likeness (QED) is 0.469. The Bertz CT molecular complexity index is 532.